The molecule has 198 valence electrons. The lowest BCUT2D eigenvalue weighted by atomic mass is 10.0. The van der Waals surface area contributed by atoms with Gasteiger partial charge in [-0.3, -0.25) is 15.3 Å². The highest BCUT2D eigenvalue weighted by atomic mass is 35.5. The molecule has 0 aliphatic rings. The van der Waals surface area contributed by atoms with Gasteiger partial charge in [0.05, 0.1) is 16.6 Å². The minimum absolute atomic E-state index is 0.0864. The molecule has 1 amide bonds. The largest absolute Gasteiger partial charge is 0.460 e. The molecule has 3 aromatic carbocycles. The number of ether oxygens (including phenoxy) is 1. The molecule has 0 radical (unpaired) electrons. The number of aromatic amines is 1. The summed E-state index contributed by atoms with van der Waals surface area (Å²) in [6, 6.07) is 14.3. The van der Waals surface area contributed by atoms with E-state index in [-0.39, 0.29) is 33.3 Å². The second-order valence-corrected chi connectivity index (χ2v) is 9.77. The van der Waals surface area contributed by atoms with Gasteiger partial charge in [0, 0.05) is 22.7 Å². The number of fused-ring (bicyclic) bond motifs is 1. The van der Waals surface area contributed by atoms with E-state index in [9.17, 15) is 14.7 Å². The van der Waals surface area contributed by atoms with E-state index < -0.39 is 29.5 Å². The van der Waals surface area contributed by atoms with E-state index >= 15 is 4.39 Å². The van der Waals surface area contributed by atoms with Crippen LogP contribution in [0.4, 0.5) is 4.39 Å². The molecule has 1 unspecified atom stereocenters. The lowest BCUT2D eigenvalue weighted by molar-refractivity contribution is -0.195. The van der Waals surface area contributed by atoms with Crippen LogP contribution in [0, 0.1) is 5.82 Å². The summed E-state index contributed by atoms with van der Waals surface area (Å²) < 4.78 is 20.3. The highest BCUT2D eigenvalue weighted by Gasteiger charge is 2.41. The number of hydrazine groups is 1. The van der Waals surface area contributed by atoms with Gasteiger partial charge < -0.3 is 9.84 Å². The number of amides is 1. The first-order valence-corrected chi connectivity index (χ1v) is 12.3. The summed E-state index contributed by atoms with van der Waals surface area (Å²) in [5.74, 6) is -2.33. The molecular weight excluding hydrogens is 536 g/mol. The molecule has 4 aromatic rings. The molecule has 0 saturated heterocycles. The number of halogens is 3. The fourth-order valence-electron chi connectivity index (χ4n) is 3.69. The molecular formula is C26H24Cl2FN5O4. The number of nitrogens with one attached hydrogen (secondary N) is 2. The van der Waals surface area contributed by atoms with Gasteiger partial charge in [-0.05, 0) is 56.2 Å². The molecule has 1 heterocycles. The lowest BCUT2D eigenvalue weighted by Gasteiger charge is -2.35. The quantitative estimate of drug-likeness (QED) is 0.160. The van der Waals surface area contributed by atoms with Crippen molar-refractivity contribution in [3.05, 3.63) is 81.6 Å². The number of carbonyl (C=O) groups is 2. The number of esters is 1. The summed E-state index contributed by atoms with van der Waals surface area (Å²) in [5, 5.41) is 22.6. The molecule has 1 aromatic heterocycles. The summed E-state index contributed by atoms with van der Waals surface area (Å²) in [4.78, 5) is 26.0. The van der Waals surface area contributed by atoms with E-state index in [4.69, 9.17) is 27.9 Å². The smallest absolute Gasteiger partial charge is 0.355 e. The number of hydrogen-bond acceptors (Lipinski definition) is 7. The molecule has 0 spiro atoms. The van der Waals surface area contributed by atoms with Crippen LogP contribution in [-0.2, 0) is 16.1 Å². The van der Waals surface area contributed by atoms with Gasteiger partial charge in [-0.1, -0.05) is 58.7 Å². The van der Waals surface area contributed by atoms with Gasteiger partial charge in [0.1, 0.15) is 11.3 Å². The number of hydrogen-bond donors (Lipinski definition) is 3. The maximum Gasteiger partial charge on any atom is 0.355 e. The van der Waals surface area contributed by atoms with Gasteiger partial charge in [-0.15, -0.1) is 5.10 Å². The van der Waals surface area contributed by atoms with Crippen LogP contribution in [0.3, 0.4) is 0 Å². The third-order valence-corrected chi connectivity index (χ3v) is 6.33. The molecule has 0 bridgehead atoms. The average Bonchev–Trinajstić information content (AvgIpc) is 3.35. The molecule has 0 saturated carbocycles. The van der Waals surface area contributed by atoms with Gasteiger partial charge in [0.2, 0.25) is 5.72 Å². The van der Waals surface area contributed by atoms with Crippen LogP contribution in [0.2, 0.25) is 10.0 Å². The number of aromatic nitrogens is 3. The molecule has 1 atom stereocenters. The minimum Gasteiger partial charge on any atom is -0.460 e. The standard InChI is InChI=1S/C26H24Cl2FN5O4/c1-14(2)38-25(36)26(3,37)34(32-24(35)16-9-20(28)23-22(11-16)30-33-31-23)13-17-10-21(29)18(12-19(17)27)15-7-5-4-6-8-15/h4-12,14,37H,13H2,1-3H3,(H,32,35)(H,30,31,33). The predicted molar refractivity (Wildman–Crippen MR) is 141 cm³/mol. The van der Waals surface area contributed by atoms with Gasteiger partial charge in [0.15, 0.2) is 0 Å². The van der Waals surface area contributed by atoms with Crippen molar-refractivity contribution in [2.75, 3.05) is 0 Å². The van der Waals surface area contributed by atoms with Crippen molar-refractivity contribution in [3.8, 4) is 11.1 Å². The summed E-state index contributed by atoms with van der Waals surface area (Å²) in [6.45, 7) is 4.02. The fourth-order valence-corrected chi connectivity index (χ4v) is 4.17. The monoisotopic (exact) mass is 559 g/mol. The molecule has 38 heavy (non-hydrogen) atoms. The van der Waals surface area contributed by atoms with Crippen LogP contribution in [0.5, 0.6) is 0 Å². The zero-order valence-corrected chi connectivity index (χ0v) is 22.1. The van der Waals surface area contributed by atoms with Crippen molar-refractivity contribution in [2.45, 2.75) is 39.1 Å². The third-order valence-electron chi connectivity index (χ3n) is 5.69. The Hall–Kier alpha value is -3.57. The Labute approximate surface area is 227 Å². The maximum absolute atomic E-state index is 15.1. The van der Waals surface area contributed by atoms with Crippen molar-refractivity contribution in [1.82, 2.24) is 25.8 Å². The Morgan fingerprint density at radius 3 is 2.55 bits per heavy atom. The number of aliphatic hydroxyl groups is 1. The first kappa shape index (κ1) is 27.5. The first-order valence-electron chi connectivity index (χ1n) is 11.5. The van der Waals surface area contributed by atoms with E-state index in [1.807, 2.05) is 6.07 Å². The number of nitrogens with zero attached hydrogens (tertiary/aromatic N) is 3. The van der Waals surface area contributed by atoms with E-state index in [1.165, 1.54) is 24.3 Å². The van der Waals surface area contributed by atoms with Crippen molar-refractivity contribution in [3.63, 3.8) is 0 Å². The minimum atomic E-state index is -2.36. The van der Waals surface area contributed by atoms with E-state index in [0.29, 0.717) is 16.6 Å². The number of benzene rings is 3. The zero-order chi connectivity index (χ0) is 27.6. The highest BCUT2D eigenvalue weighted by Crippen LogP contribution is 2.31. The van der Waals surface area contributed by atoms with E-state index in [0.717, 1.165) is 11.9 Å². The molecule has 0 fully saturated rings. The Morgan fingerprint density at radius 1 is 1.16 bits per heavy atom. The molecule has 0 aliphatic carbocycles. The van der Waals surface area contributed by atoms with Gasteiger partial charge >= 0.3 is 5.97 Å². The topological polar surface area (TPSA) is 120 Å². The maximum atomic E-state index is 15.1. The van der Waals surface area contributed by atoms with Crippen molar-refractivity contribution in [2.24, 2.45) is 0 Å². The Bertz CT molecular complexity index is 1490. The third kappa shape index (κ3) is 5.78. The Kier molecular flexibility index (Phi) is 7.98. The summed E-state index contributed by atoms with van der Waals surface area (Å²) in [7, 11) is 0. The molecule has 9 nitrogen and oxygen atoms in total. The van der Waals surface area contributed by atoms with Crippen molar-refractivity contribution in [1.29, 1.82) is 0 Å². The van der Waals surface area contributed by atoms with Crippen LogP contribution in [-0.4, -0.2) is 49.2 Å². The Balaban J connectivity index is 1.69. The summed E-state index contributed by atoms with van der Waals surface area (Å²) >= 11 is 12.7. The molecule has 12 heteroatoms. The summed E-state index contributed by atoms with van der Waals surface area (Å²) in [5.41, 5.74) is 2.10. The number of carbonyl (C=O) groups excluding carboxylic acids is 2. The number of H-pyrrole nitrogens is 1. The predicted octanol–water partition coefficient (Wildman–Crippen LogP) is 4.88. The molecule has 4 rings (SSSR count). The van der Waals surface area contributed by atoms with E-state index in [2.05, 4.69) is 20.8 Å². The normalized spacial score (nSPS) is 13.1. The SMILES string of the molecule is CC(C)OC(=O)C(C)(O)N(Cc1cc(F)c(-c2ccccc2)cc1Cl)NC(=O)c1cc(Cl)c2nn[nH]c2c1. The molecule has 3 N–H and O–H groups in total. The Morgan fingerprint density at radius 2 is 1.87 bits per heavy atom. The lowest BCUT2D eigenvalue weighted by Crippen LogP contribution is -2.60. The van der Waals surface area contributed by atoms with Crippen LogP contribution in [0.25, 0.3) is 22.2 Å². The fraction of sp³-hybridized carbons (Fsp3) is 0.231. The van der Waals surface area contributed by atoms with Crippen LogP contribution >= 0.6 is 23.2 Å². The van der Waals surface area contributed by atoms with Gasteiger partial charge in [-0.2, -0.15) is 5.01 Å². The second-order valence-electron chi connectivity index (χ2n) is 8.96. The van der Waals surface area contributed by atoms with Crippen LogP contribution in [0.1, 0.15) is 36.7 Å². The molecule has 0 aliphatic heterocycles. The average molecular weight is 560 g/mol. The first-order chi connectivity index (χ1) is 18.0. The van der Waals surface area contributed by atoms with E-state index in [1.54, 1.807) is 38.1 Å². The number of rotatable bonds is 8. The van der Waals surface area contributed by atoms with Gasteiger partial charge in [-0.25, -0.2) is 9.18 Å². The summed E-state index contributed by atoms with van der Waals surface area (Å²) in [6.07, 6.45) is -0.549. The van der Waals surface area contributed by atoms with Crippen molar-refractivity contribution < 1.29 is 23.8 Å². The zero-order valence-electron chi connectivity index (χ0n) is 20.6. The second kappa shape index (κ2) is 11.0. The van der Waals surface area contributed by atoms with Crippen LogP contribution in [0.15, 0.2) is 54.6 Å². The van der Waals surface area contributed by atoms with Gasteiger partial charge in [0.25, 0.3) is 5.91 Å². The van der Waals surface area contributed by atoms with Crippen LogP contribution < -0.4 is 5.43 Å². The highest BCUT2D eigenvalue weighted by molar-refractivity contribution is 6.35. The van der Waals surface area contributed by atoms with Crippen molar-refractivity contribution >= 4 is 46.1 Å².